The van der Waals surface area contributed by atoms with Crippen molar-refractivity contribution >= 4 is 29.7 Å². The number of hydrogen-bond donors (Lipinski definition) is 1. The minimum absolute atomic E-state index is 0.00689. The Hall–Kier alpha value is -2.73. The molecular formula is C26H42N2O10. The topological polar surface area (TPSA) is 148 Å². The lowest BCUT2D eigenvalue weighted by molar-refractivity contribution is -0.238. The van der Waals surface area contributed by atoms with Gasteiger partial charge in [-0.25, -0.2) is 4.99 Å². The summed E-state index contributed by atoms with van der Waals surface area (Å²) >= 11 is 0. The summed E-state index contributed by atoms with van der Waals surface area (Å²) in [6.45, 7) is 15.7. The summed E-state index contributed by atoms with van der Waals surface area (Å²) in [7, 11) is 0. The number of nitrogens with zero attached hydrogens (tertiary/aromatic N) is 1. The number of aliphatic imine (C=N–C) groups is 1. The Kier molecular flexibility index (Phi) is 11.5. The van der Waals surface area contributed by atoms with E-state index in [2.05, 4.69) is 24.2 Å². The van der Waals surface area contributed by atoms with Gasteiger partial charge < -0.3 is 33.7 Å². The molecule has 0 aliphatic carbocycles. The SMILES string of the molecule is CC(=O)NC1[C@H](OC(C)=O)OC(COC(C)=O)[C@@H](C)[C@@H]1C.CC(=O)OCC1O[C@H]2OC(C)=NC2[C@@H](C)[C@@H]1C. The fourth-order valence-electron chi connectivity index (χ4n) is 4.73. The van der Waals surface area contributed by atoms with Gasteiger partial charge in [0.2, 0.25) is 18.5 Å². The third-order valence-corrected chi connectivity index (χ3v) is 7.30. The van der Waals surface area contributed by atoms with E-state index in [0.29, 0.717) is 11.8 Å². The average Bonchev–Trinajstić information content (AvgIpc) is 3.19. The van der Waals surface area contributed by atoms with E-state index in [1.165, 1.54) is 27.7 Å². The lowest BCUT2D eigenvalue weighted by Gasteiger charge is -2.43. The monoisotopic (exact) mass is 542 g/mol. The highest BCUT2D eigenvalue weighted by atomic mass is 16.7. The van der Waals surface area contributed by atoms with Gasteiger partial charge in [-0.15, -0.1) is 0 Å². The second-order valence-electron chi connectivity index (χ2n) is 10.2. The molecule has 0 bridgehead atoms. The molecule has 1 N–H and O–H groups in total. The van der Waals surface area contributed by atoms with Gasteiger partial charge in [0, 0.05) is 34.6 Å². The van der Waals surface area contributed by atoms with E-state index in [-0.39, 0.29) is 61.3 Å². The highest BCUT2D eigenvalue weighted by Crippen LogP contribution is 2.36. The summed E-state index contributed by atoms with van der Waals surface area (Å²) in [6.07, 6.45) is -1.71. The number of hydrogen-bond acceptors (Lipinski definition) is 11. The number of fused-ring (bicyclic) bond motifs is 1. The van der Waals surface area contributed by atoms with Crippen LogP contribution in [-0.4, -0.2) is 79.8 Å². The molecule has 3 aliphatic rings. The second kappa shape index (κ2) is 13.9. The fourth-order valence-corrected chi connectivity index (χ4v) is 4.73. The zero-order chi connectivity index (χ0) is 28.7. The fraction of sp³-hybridized carbons (Fsp3) is 0.808. The number of amides is 1. The van der Waals surface area contributed by atoms with Crippen LogP contribution in [-0.2, 0) is 47.6 Å². The van der Waals surface area contributed by atoms with E-state index in [1.54, 1.807) is 0 Å². The Balaban J connectivity index is 0.000000272. The molecular weight excluding hydrogens is 500 g/mol. The first-order chi connectivity index (χ1) is 17.7. The lowest BCUT2D eigenvalue weighted by Crippen LogP contribution is -2.58. The lowest BCUT2D eigenvalue weighted by atomic mass is 9.82. The van der Waals surface area contributed by atoms with Gasteiger partial charge >= 0.3 is 17.9 Å². The van der Waals surface area contributed by atoms with Crippen molar-refractivity contribution in [2.24, 2.45) is 28.7 Å². The Bertz CT molecular complexity index is 891. The van der Waals surface area contributed by atoms with Gasteiger partial charge in [-0.05, 0) is 23.7 Å². The van der Waals surface area contributed by atoms with E-state index in [1.807, 2.05) is 20.8 Å². The van der Waals surface area contributed by atoms with Gasteiger partial charge in [-0.3, -0.25) is 19.2 Å². The summed E-state index contributed by atoms with van der Waals surface area (Å²) in [5, 5.41) is 2.75. The molecule has 3 aliphatic heterocycles. The molecule has 216 valence electrons. The van der Waals surface area contributed by atoms with Crippen LogP contribution in [0, 0.1) is 23.7 Å². The molecule has 10 atom stereocenters. The largest absolute Gasteiger partial charge is 0.463 e. The minimum atomic E-state index is -0.891. The van der Waals surface area contributed by atoms with Gasteiger partial charge in [0.25, 0.3) is 0 Å². The molecule has 1 amide bonds. The third kappa shape index (κ3) is 8.65. The summed E-state index contributed by atoms with van der Waals surface area (Å²) in [6, 6.07) is -0.367. The van der Waals surface area contributed by atoms with Gasteiger partial charge in [-0.1, -0.05) is 27.7 Å². The molecule has 0 radical (unpaired) electrons. The highest BCUT2D eigenvalue weighted by molar-refractivity contribution is 5.75. The predicted molar refractivity (Wildman–Crippen MR) is 135 cm³/mol. The molecule has 0 spiro atoms. The van der Waals surface area contributed by atoms with Crippen LogP contribution in [0.5, 0.6) is 0 Å². The first kappa shape index (κ1) is 31.5. The van der Waals surface area contributed by atoms with Gasteiger partial charge in [0.1, 0.15) is 19.3 Å². The van der Waals surface area contributed by atoms with E-state index < -0.39 is 30.4 Å². The molecule has 0 aromatic carbocycles. The van der Waals surface area contributed by atoms with Gasteiger partial charge in [-0.2, -0.15) is 0 Å². The maximum Gasteiger partial charge on any atom is 0.305 e. The van der Waals surface area contributed by atoms with Crippen LogP contribution in [0.25, 0.3) is 0 Å². The molecule has 0 saturated carbocycles. The Labute approximate surface area is 224 Å². The summed E-state index contributed by atoms with van der Waals surface area (Å²) in [5.74, 6) is -0.0724. The van der Waals surface area contributed by atoms with Crippen molar-refractivity contribution in [3.05, 3.63) is 0 Å². The van der Waals surface area contributed by atoms with Gasteiger partial charge in [0.05, 0.1) is 18.2 Å². The van der Waals surface area contributed by atoms with Crippen molar-refractivity contribution in [1.82, 2.24) is 5.32 Å². The summed E-state index contributed by atoms with van der Waals surface area (Å²) in [4.78, 5) is 48.7. The van der Waals surface area contributed by atoms with Crippen molar-refractivity contribution in [3.63, 3.8) is 0 Å². The number of carbonyl (C=O) groups is 4. The Morgan fingerprint density at radius 2 is 1.32 bits per heavy atom. The maximum absolute atomic E-state index is 11.3. The number of esters is 3. The zero-order valence-electron chi connectivity index (χ0n) is 23.7. The van der Waals surface area contributed by atoms with Crippen LogP contribution in [0.4, 0.5) is 0 Å². The third-order valence-electron chi connectivity index (χ3n) is 7.30. The predicted octanol–water partition coefficient (Wildman–Crippen LogP) is 1.98. The van der Waals surface area contributed by atoms with E-state index in [4.69, 9.17) is 28.4 Å². The number of carbonyl (C=O) groups excluding carboxylic acids is 4. The molecule has 2 fully saturated rings. The molecule has 12 heteroatoms. The second-order valence-corrected chi connectivity index (χ2v) is 10.2. The van der Waals surface area contributed by atoms with E-state index >= 15 is 0 Å². The summed E-state index contributed by atoms with van der Waals surface area (Å²) < 4.78 is 32.2. The van der Waals surface area contributed by atoms with Gasteiger partial charge in [0.15, 0.2) is 5.90 Å². The first-order valence-electron chi connectivity index (χ1n) is 12.9. The average molecular weight is 543 g/mol. The normalized spacial score (nSPS) is 35.8. The van der Waals surface area contributed by atoms with Crippen molar-refractivity contribution in [3.8, 4) is 0 Å². The molecule has 3 heterocycles. The van der Waals surface area contributed by atoms with Crippen LogP contribution >= 0.6 is 0 Å². The van der Waals surface area contributed by atoms with E-state index in [9.17, 15) is 19.2 Å². The Morgan fingerprint density at radius 3 is 1.82 bits per heavy atom. The summed E-state index contributed by atoms with van der Waals surface area (Å²) in [5.41, 5.74) is 0. The Morgan fingerprint density at radius 1 is 0.789 bits per heavy atom. The highest BCUT2D eigenvalue weighted by Gasteiger charge is 2.46. The molecule has 38 heavy (non-hydrogen) atoms. The van der Waals surface area contributed by atoms with Crippen molar-refractivity contribution < 1.29 is 47.6 Å². The van der Waals surface area contributed by atoms with Crippen LogP contribution < -0.4 is 5.32 Å². The van der Waals surface area contributed by atoms with E-state index in [0.717, 1.165) is 0 Å². The van der Waals surface area contributed by atoms with Crippen molar-refractivity contribution in [2.75, 3.05) is 13.2 Å². The van der Waals surface area contributed by atoms with Crippen LogP contribution in [0.15, 0.2) is 4.99 Å². The number of rotatable bonds is 6. The molecule has 0 aromatic rings. The smallest absolute Gasteiger partial charge is 0.305 e. The molecule has 12 nitrogen and oxygen atoms in total. The first-order valence-corrected chi connectivity index (χ1v) is 12.9. The molecule has 2 saturated heterocycles. The van der Waals surface area contributed by atoms with Crippen molar-refractivity contribution in [1.29, 1.82) is 0 Å². The number of nitrogens with one attached hydrogen (secondary N) is 1. The molecule has 4 unspecified atom stereocenters. The zero-order valence-corrected chi connectivity index (χ0v) is 23.7. The van der Waals surface area contributed by atoms with Crippen LogP contribution in [0.2, 0.25) is 0 Å². The minimum Gasteiger partial charge on any atom is -0.463 e. The molecule has 0 aromatic heterocycles. The van der Waals surface area contributed by atoms with Crippen molar-refractivity contribution in [2.45, 2.75) is 99.2 Å². The number of ether oxygens (including phenoxy) is 6. The van der Waals surface area contributed by atoms with Crippen LogP contribution in [0.3, 0.4) is 0 Å². The maximum atomic E-state index is 11.3. The standard InChI is InChI=1S/C14H23NO6.C12H19NO4/c1-7-8(2)13(15-9(3)16)14(20-11(5)18)21-12(7)6-19-10(4)17;1-6-7(2)11-12(16-8(3)13-11)17-10(6)5-15-9(4)14/h7-8,12-14H,6H2,1-5H3,(H,15,16);6-7,10-12H,5H2,1-4H3/t7-,8-,12?,13?,14+;6-,7-,10?,11?,12+/m00/s1. The van der Waals surface area contributed by atoms with Crippen LogP contribution in [0.1, 0.15) is 62.3 Å². The molecule has 3 rings (SSSR count). The quantitative estimate of drug-likeness (QED) is 0.390.